The zero-order valence-corrected chi connectivity index (χ0v) is 61.1. The van der Waals surface area contributed by atoms with Crippen molar-refractivity contribution in [2.45, 2.75) is 91.6 Å². The van der Waals surface area contributed by atoms with Gasteiger partial charge < -0.3 is 19.5 Å². The predicted octanol–water partition coefficient (Wildman–Crippen LogP) is 19.0. The minimum absolute atomic E-state index is 0. The van der Waals surface area contributed by atoms with E-state index in [1.54, 1.807) is 12.4 Å². The van der Waals surface area contributed by atoms with Crippen molar-refractivity contribution in [2.24, 2.45) is 0 Å². The van der Waals surface area contributed by atoms with E-state index >= 15 is 0 Å². The zero-order chi connectivity index (χ0) is 77.0. The number of aromatic nitrogens is 8. The van der Waals surface area contributed by atoms with Gasteiger partial charge in [0.1, 0.15) is 44.7 Å². The van der Waals surface area contributed by atoms with Crippen LogP contribution in [0, 0.1) is 12.1 Å². The molecule has 104 heavy (non-hydrogen) atoms. The fourth-order valence-corrected chi connectivity index (χ4v) is 14.6. The molecule has 0 bridgehead atoms. The van der Waals surface area contributed by atoms with Crippen molar-refractivity contribution in [3.05, 3.63) is 373 Å². The molecular formula is C92H81IrN10O+. The SMILES string of the molecule is C1=CC2=CN3c4ccccc4CC3N2C=C1.C=C1Oc2ccccc2[C-]=C1c1ccccn1.CC(C)c1cccc(C(C)C)c1-n1cc[n+]2c1-c1ccccc1C2.CC(C)n1nc2c3ccccc3c3cccc4c3c2[n+]1C4.[2H]c1c([2H])c([2H])c2c(c1[2H])C[n+]1c([2H])c([2H])c([2H])c([2H])c1-2.[Ir].[c-]1ccccc1-c1ccccn1. The molecule has 0 aliphatic carbocycles. The number of ether oxygens (including phenoxy) is 1. The van der Waals surface area contributed by atoms with Gasteiger partial charge in [-0.1, -0.05) is 203 Å². The Balaban J connectivity index is 0.000000107. The number of para-hydroxylation sites is 3. The molecule has 513 valence electrons. The van der Waals surface area contributed by atoms with Crippen LogP contribution in [0.25, 0.3) is 77.7 Å². The van der Waals surface area contributed by atoms with Gasteiger partial charge in [-0.25, -0.2) is 4.57 Å². The molecule has 7 aliphatic heterocycles. The molecule has 1 unspecified atom stereocenters. The largest absolute Gasteiger partial charge is 0.527 e. The van der Waals surface area contributed by atoms with Crippen LogP contribution in [-0.2, 0) is 46.2 Å². The van der Waals surface area contributed by atoms with Gasteiger partial charge in [0.2, 0.25) is 11.2 Å². The Labute approximate surface area is 633 Å². The van der Waals surface area contributed by atoms with Crippen molar-refractivity contribution >= 4 is 43.8 Å². The molecule has 1 atom stereocenters. The van der Waals surface area contributed by atoms with Crippen LogP contribution in [0.3, 0.4) is 0 Å². The Hall–Kier alpha value is -11.7. The number of fused-ring (bicyclic) bond motifs is 15. The van der Waals surface area contributed by atoms with Crippen molar-refractivity contribution < 1.29 is 49.6 Å². The van der Waals surface area contributed by atoms with E-state index in [0.29, 0.717) is 35.4 Å². The Morgan fingerprint density at radius 3 is 2.07 bits per heavy atom. The van der Waals surface area contributed by atoms with Gasteiger partial charge in [-0.05, 0) is 107 Å². The van der Waals surface area contributed by atoms with Gasteiger partial charge in [0.15, 0.2) is 12.7 Å². The summed E-state index contributed by atoms with van der Waals surface area (Å²) in [6, 6.07) is 67.8. The first-order valence-electron chi connectivity index (χ1n) is 39.1. The van der Waals surface area contributed by atoms with Gasteiger partial charge in [-0.3, -0.25) is 4.98 Å². The van der Waals surface area contributed by atoms with Gasteiger partial charge >= 0.3 is 0 Å². The number of anilines is 1. The molecule has 7 aliphatic rings. The maximum absolute atomic E-state index is 7.98. The average Bonchev–Trinajstić information content (AvgIpc) is 1.55. The van der Waals surface area contributed by atoms with Crippen molar-refractivity contribution in [3.8, 4) is 45.3 Å². The summed E-state index contributed by atoms with van der Waals surface area (Å²) in [6.07, 6.45) is 23.4. The van der Waals surface area contributed by atoms with Crippen LogP contribution in [0.2, 0.25) is 0 Å². The van der Waals surface area contributed by atoms with Crippen LogP contribution >= 0.6 is 0 Å². The summed E-state index contributed by atoms with van der Waals surface area (Å²) in [7, 11) is 0. The smallest absolute Gasteiger partial charge is 0.294 e. The summed E-state index contributed by atoms with van der Waals surface area (Å²) < 4.78 is 76.6. The number of allylic oxidation sites excluding steroid dienone is 4. The fourth-order valence-electron chi connectivity index (χ4n) is 14.6. The monoisotopic (exact) mass is 1540 g/mol. The van der Waals surface area contributed by atoms with Crippen molar-refractivity contribution in [1.82, 2.24) is 29.3 Å². The fraction of sp³-hybridized carbons (Fsp3) is 0.152. The molecule has 0 spiro atoms. The maximum atomic E-state index is 7.98. The second kappa shape index (κ2) is 29.7. The Morgan fingerprint density at radius 1 is 0.606 bits per heavy atom. The zero-order valence-electron chi connectivity index (χ0n) is 66.7. The third kappa shape index (κ3) is 13.1. The van der Waals surface area contributed by atoms with Crippen molar-refractivity contribution in [2.75, 3.05) is 4.90 Å². The number of hydrogen-bond acceptors (Lipinski definition) is 6. The standard InChI is InChI=1S/C22H25N2.C18H16N3.C15H10NO.C14H12N2.C12H10N.C11H8N.Ir/c1-15(2)18-10-7-11-19(16(3)4)21(18)24-13-12-23-14-17-8-5-6-9-20(17)22(23)24;1-11(2)21-19-17-15-8-4-3-7-13(15)14-9-5-6-12-10-20(21)18(17)16(12)14;1-11-13(14-7-4-5-9-16-14)10-12-6-2-3-8-15(12)17-11;1-2-7-13-11(5-1)9-14-15-8-4-3-6-12(15)10-16(13)14;1-2-6-11-10(5-1)9-13-8-4-3-7-12(11)13;1-2-6-10(7-3-1)11-8-4-5-9-12-11;/h5-13,15-16H,14H2,1-4H3;3-9,11H,10H2,1-2H3;2-9H,1H2;1-8,10,14H,9H2;1-8H,9H2;1-6,8-9H;/q2*+1;-1;;+1;-1;/i;;;;1D,2D,3D,4D,5D,6D,7D,8D;;. The van der Waals surface area contributed by atoms with Crippen LogP contribution in [-0.4, -0.2) is 35.5 Å². The Kier molecular flexibility index (Phi) is 16.8. The molecule has 12 heteroatoms. The minimum Gasteiger partial charge on any atom is -0.527 e. The number of rotatable bonds is 6. The van der Waals surface area contributed by atoms with Gasteiger partial charge in [0.25, 0.3) is 11.3 Å². The molecule has 11 nitrogen and oxygen atoms in total. The molecule has 0 amide bonds. The van der Waals surface area contributed by atoms with E-state index < -0.39 is 12.1 Å². The summed E-state index contributed by atoms with van der Waals surface area (Å²) in [6.45, 7) is 19.3. The summed E-state index contributed by atoms with van der Waals surface area (Å²) in [5.41, 5.74) is 20.1. The molecule has 21 rings (SSSR count). The molecule has 1 radical (unpaired) electrons. The van der Waals surface area contributed by atoms with E-state index in [2.05, 4.69) is 251 Å². The molecule has 9 aromatic carbocycles. The van der Waals surface area contributed by atoms with E-state index in [9.17, 15) is 0 Å². The van der Waals surface area contributed by atoms with Crippen LogP contribution < -0.4 is 23.5 Å². The topological polar surface area (TPSA) is 75.9 Å². The number of imidazole rings is 1. The molecule has 0 saturated heterocycles. The van der Waals surface area contributed by atoms with E-state index in [1.165, 1.54) is 87.9 Å². The summed E-state index contributed by atoms with van der Waals surface area (Å²) in [4.78, 5) is 15.4. The normalized spacial score (nSPS) is 15.4. The molecule has 0 N–H and O–H groups in total. The average molecular weight is 1540 g/mol. The van der Waals surface area contributed by atoms with Crippen molar-refractivity contribution in [1.29, 1.82) is 0 Å². The molecule has 5 aromatic heterocycles. The maximum Gasteiger partial charge on any atom is 0.294 e. The number of nitrogens with zero attached hydrogens (tertiary/aromatic N) is 10. The second-order valence-corrected chi connectivity index (χ2v) is 26.9. The summed E-state index contributed by atoms with van der Waals surface area (Å²) in [5, 5.41) is 10.2. The molecule has 14 aromatic rings. The number of pyridine rings is 3. The van der Waals surface area contributed by atoms with E-state index in [0.717, 1.165) is 58.9 Å². The van der Waals surface area contributed by atoms with Crippen LogP contribution in [0.1, 0.15) is 115 Å². The third-order valence-electron chi connectivity index (χ3n) is 19.4. The third-order valence-corrected chi connectivity index (χ3v) is 19.4. The van der Waals surface area contributed by atoms with E-state index in [-0.39, 0.29) is 74.3 Å². The molecule has 12 heterocycles. The Bertz CT molecular complexity index is 6020. The van der Waals surface area contributed by atoms with Gasteiger partial charge in [-0.2, -0.15) is 9.13 Å². The minimum atomic E-state index is -0.411. The molecular weight excluding hydrogens is 1450 g/mol. The van der Waals surface area contributed by atoms with E-state index in [1.807, 2.05) is 84.9 Å². The van der Waals surface area contributed by atoms with Crippen LogP contribution in [0.5, 0.6) is 5.75 Å². The number of benzene rings is 9. The predicted molar refractivity (Wildman–Crippen MR) is 414 cm³/mol. The quantitative estimate of drug-likeness (QED) is 0.0938. The second-order valence-electron chi connectivity index (χ2n) is 26.9. The van der Waals surface area contributed by atoms with Crippen molar-refractivity contribution in [3.63, 3.8) is 0 Å². The van der Waals surface area contributed by atoms with Crippen LogP contribution in [0.4, 0.5) is 5.69 Å². The molecule has 0 fully saturated rings. The van der Waals surface area contributed by atoms with Gasteiger partial charge in [-0.15, -0.1) is 52.7 Å². The van der Waals surface area contributed by atoms with Crippen LogP contribution in [0.15, 0.2) is 316 Å². The first kappa shape index (κ1) is 58.9. The van der Waals surface area contributed by atoms with Gasteiger partial charge in [0, 0.05) is 118 Å². The Morgan fingerprint density at radius 2 is 1.29 bits per heavy atom. The van der Waals surface area contributed by atoms with E-state index in [4.69, 9.17) is 20.8 Å². The van der Waals surface area contributed by atoms with Gasteiger partial charge in [0.05, 0.1) is 37.9 Å². The number of hydrogen-bond donors (Lipinski definition) is 0. The summed E-state index contributed by atoms with van der Waals surface area (Å²) in [5.74, 6) is 3.68. The first-order chi connectivity index (χ1) is 53.8. The first-order valence-corrected chi connectivity index (χ1v) is 35.1. The summed E-state index contributed by atoms with van der Waals surface area (Å²) >= 11 is 0. The molecule has 0 saturated carbocycles.